The fraction of sp³-hybridized carbons (Fsp3) is 0.267. The van der Waals surface area contributed by atoms with Crippen LogP contribution in [0.15, 0.2) is 47.2 Å². The Labute approximate surface area is 122 Å². The van der Waals surface area contributed by atoms with Crippen LogP contribution in [-0.4, -0.2) is 12.1 Å². The van der Waals surface area contributed by atoms with E-state index in [1.807, 2.05) is 18.3 Å². The summed E-state index contributed by atoms with van der Waals surface area (Å²) in [6.07, 6.45) is 3.66. The molecular formula is C15H17BrN2O. The predicted octanol–water partition coefficient (Wildman–Crippen LogP) is 3.70. The molecule has 0 saturated heterocycles. The van der Waals surface area contributed by atoms with Crippen LogP contribution in [0.5, 0.6) is 5.75 Å². The van der Waals surface area contributed by atoms with Crippen LogP contribution in [0.2, 0.25) is 0 Å². The van der Waals surface area contributed by atoms with Crippen LogP contribution in [-0.2, 0) is 6.54 Å². The van der Waals surface area contributed by atoms with Gasteiger partial charge in [-0.25, -0.2) is 0 Å². The van der Waals surface area contributed by atoms with Gasteiger partial charge in [0.1, 0.15) is 5.75 Å². The van der Waals surface area contributed by atoms with Gasteiger partial charge in [0.25, 0.3) is 0 Å². The summed E-state index contributed by atoms with van der Waals surface area (Å²) < 4.78 is 6.21. The third-order valence-corrected chi connectivity index (χ3v) is 3.63. The molecule has 0 radical (unpaired) electrons. The average molecular weight is 321 g/mol. The molecule has 1 aromatic heterocycles. The lowest BCUT2D eigenvalue weighted by atomic mass is 10.1. The first kappa shape index (κ1) is 14.0. The first-order valence-electron chi connectivity index (χ1n) is 6.16. The van der Waals surface area contributed by atoms with Gasteiger partial charge in [-0.05, 0) is 52.2 Å². The second-order valence-electron chi connectivity index (χ2n) is 4.36. The number of nitrogens with one attached hydrogen (secondary N) is 1. The van der Waals surface area contributed by atoms with Crippen LogP contribution in [0.3, 0.4) is 0 Å². The van der Waals surface area contributed by atoms with E-state index in [-0.39, 0.29) is 6.04 Å². The molecule has 0 aliphatic heterocycles. The van der Waals surface area contributed by atoms with Crippen molar-refractivity contribution < 1.29 is 4.74 Å². The molecule has 1 N–H and O–H groups in total. The zero-order valence-corrected chi connectivity index (χ0v) is 12.6. The molecule has 0 spiro atoms. The van der Waals surface area contributed by atoms with Crippen molar-refractivity contribution in [3.8, 4) is 5.75 Å². The van der Waals surface area contributed by atoms with Crippen molar-refractivity contribution in [2.75, 3.05) is 7.11 Å². The van der Waals surface area contributed by atoms with E-state index in [0.717, 1.165) is 16.8 Å². The van der Waals surface area contributed by atoms with E-state index in [0.29, 0.717) is 0 Å². The number of rotatable bonds is 5. The number of aromatic nitrogens is 1. The Morgan fingerprint density at radius 1 is 1.37 bits per heavy atom. The van der Waals surface area contributed by atoms with E-state index in [1.54, 1.807) is 13.3 Å². The van der Waals surface area contributed by atoms with Gasteiger partial charge >= 0.3 is 0 Å². The number of hydrogen-bond acceptors (Lipinski definition) is 3. The third-order valence-electron chi connectivity index (χ3n) is 3.01. The minimum atomic E-state index is 0.266. The average Bonchev–Trinajstić information content (AvgIpc) is 2.45. The maximum absolute atomic E-state index is 5.23. The van der Waals surface area contributed by atoms with Gasteiger partial charge in [-0.2, -0.15) is 0 Å². The smallest absolute Gasteiger partial charge is 0.133 e. The molecule has 19 heavy (non-hydrogen) atoms. The lowest BCUT2D eigenvalue weighted by molar-refractivity contribution is 0.411. The zero-order chi connectivity index (χ0) is 13.7. The summed E-state index contributed by atoms with van der Waals surface area (Å²) in [5, 5.41) is 3.48. The van der Waals surface area contributed by atoms with Crippen molar-refractivity contribution in [3.63, 3.8) is 0 Å². The normalized spacial score (nSPS) is 12.2. The Kier molecular flexibility index (Phi) is 4.93. The summed E-state index contributed by atoms with van der Waals surface area (Å²) in [7, 11) is 1.67. The number of hydrogen-bond donors (Lipinski definition) is 1. The number of benzene rings is 1. The summed E-state index contributed by atoms with van der Waals surface area (Å²) in [4.78, 5) is 4.11. The molecule has 0 aliphatic rings. The van der Waals surface area contributed by atoms with E-state index in [1.165, 1.54) is 11.1 Å². The van der Waals surface area contributed by atoms with Gasteiger partial charge in [-0.1, -0.05) is 12.1 Å². The molecule has 0 bridgehead atoms. The van der Waals surface area contributed by atoms with Crippen LogP contribution < -0.4 is 10.1 Å². The van der Waals surface area contributed by atoms with E-state index in [4.69, 9.17) is 4.74 Å². The van der Waals surface area contributed by atoms with E-state index in [2.05, 4.69) is 51.4 Å². The summed E-state index contributed by atoms with van der Waals surface area (Å²) in [5.41, 5.74) is 2.40. The molecule has 0 amide bonds. The van der Waals surface area contributed by atoms with Crippen molar-refractivity contribution in [1.29, 1.82) is 0 Å². The number of pyridine rings is 1. The Bertz CT molecular complexity index is 531. The van der Waals surface area contributed by atoms with Crippen molar-refractivity contribution in [1.82, 2.24) is 10.3 Å². The van der Waals surface area contributed by atoms with Crippen molar-refractivity contribution in [2.24, 2.45) is 0 Å². The molecule has 4 heteroatoms. The topological polar surface area (TPSA) is 34.1 Å². The second-order valence-corrected chi connectivity index (χ2v) is 5.21. The molecular weight excluding hydrogens is 304 g/mol. The molecule has 0 fully saturated rings. The fourth-order valence-corrected chi connectivity index (χ4v) is 2.40. The van der Waals surface area contributed by atoms with Gasteiger partial charge in [0.05, 0.1) is 11.6 Å². The Hall–Kier alpha value is -1.39. The molecule has 1 heterocycles. The summed E-state index contributed by atoms with van der Waals surface area (Å²) in [6, 6.07) is 10.4. The molecule has 1 atom stereocenters. The first-order chi connectivity index (χ1) is 9.20. The lowest BCUT2D eigenvalue weighted by Crippen LogP contribution is -2.18. The molecule has 100 valence electrons. The van der Waals surface area contributed by atoms with Crippen LogP contribution in [0.1, 0.15) is 24.1 Å². The molecule has 1 unspecified atom stereocenters. The van der Waals surface area contributed by atoms with Crippen molar-refractivity contribution in [3.05, 3.63) is 58.3 Å². The first-order valence-corrected chi connectivity index (χ1v) is 6.95. The minimum absolute atomic E-state index is 0.266. The Morgan fingerprint density at radius 2 is 2.21 bits per heavy atom. The van der Waals surface area contributed by atoms with Gasteiger partial charge in [-0.15, -0.1) is 0 Å². The molecule has 0 saturated carbocycles. The molecule has 2 rings (SSSR count). The van der Waals surface area contributed by atoms with Gasteiger partial charge < -0.3 is 10.1 Å². The molecule has 3 nitrogen and oxygen atoms in total. The van der Waals surface area contributed by atoms with Crippen LogP contribution >= 0.6 is 15.9 Å². The van der Waals surface area contributed by atoms with E-state index < -0.39 is 0 Å². The second kappa shape index (κ2) is 6.68. The maximum atomic E-state index is 5.23. The van der Waals surface area contributed by atoms with E-state index >= 15 is 0 Å². The molecule has 0 aliphatic carbocycles. The van der Waals surface area contributed by atoms with Crippen LogP contribution in [0.4, 0.5) is 0 Å². The highest BCUT2D eigenvalue weighted by molar-refractivity contribution is 9.10. The highest BCUT2D eigenvalue weighted by Crippen LogP contribution is 2.28. The fourth-order valence-electron chi connectivity index (χ4n) is 1.84. The Balaban J connectivity index is 2.00. The van der Waals surface area contributed by atoms with Gasteiger partial charge in [0.2, 0.25) is 0 Å². The SMILES string of the molecule is COc1ccc(C(C)NCc2cccnc2)cc1Br. The molecule has 1 aromatic carbocycles. The highest BCUT2D eigenvalue weighted by Gasteiger charge is 2.08. The lowest BCUT2D eigenvalue weighted by Gasteiger charge is -2.15. The molecule has 2 aromatic rings. The monoisotopic (exact) mass is 320 g/mol. The number of methoxy groups -OCH3 is 1. The summed E-state index contributed by atoms with van der Waals surface area (Å²) >= 11 is 3.51. The van der Waals surface area contributed by atoms with Gasteiger partial charge in [-0.3, -0.25) is 4.98 Å². The van der Waals surface area contributed by atoms with Crippen LogP contribution in [0.25, 0.3) is 0 Å². The van der Waals surface area contributed by atoms with Crippen LogP contribution in [0, 0.1) is 0 Å². The number of nitrogens with zero attached hydrogens (tertiary/aromatic N) is 1. The largest absolute Gasteiger partial charge is 0.496 e. The predicted molar refractivity (Wildman–Crippen MR) is 80.2 cm³/mol. The highest BCUT2D eigenvalue weighted by atomic mass is 79.9. The summed E-state index contributed by atoms with van der Waals surface area (Å²) in [6.45, 7) is 2.95. The van der Waals surface area contributed by atoms with Crippen molar-refractivity contribution >= 4 is 15.9 Å². The quantitative estimate of drug-likeness (QED) is 0.912. The van der Waals surface area contributed by atoms with Gasteiger partial charge in [0.15, 0.2) is 0 Å². The Morgan fingerprint density at radius 3 is 2.84 bits per heavy atom. The van der Waals surface area contributed by atoms with Crippen molar-refractivity contribution in [2.45, 2.75) is 19.5 Å². The number of ether oxygens (including phenoxy) is 1. The zero-order valence-electron chi connectivity index (χ0n) is 11.1. The van der Waals surface area contributed by atoms with E-state index in [9.17, 15) is 0 Å². The maximum Gasteiger partial charge on any atom is 0.133 e. The third kappa shape index (κ3) is 3.78. The minimum Gasteiger partial charge on any atom is -0.496 e. The van der Waals surface area contributed by atoms with Gasteiger partial charge in [0, 0.05) is 25.0 Å². The standard InChI is InChI=1S/C15H17BrN2O/c1-11(18-10-12-4-3-7-17-9-12)13-5-6-15(19-2)14(16)8-13/h3-9,11,18H,10H2,1-2H3. The number of halogens is 1. The summed E-state index contributed by atoms with van der Waals surface area (Å²) in [5.74, 6) is 0.850.